The summed E-state index contributed by atoms with van der Waals surface area (Å²) in [4.78, 5) is 11.7. The fourth-order valence-electron chi connectivity index (χ4n) is 1.89. The molecule has 0 spiro atoms. The molecule has 1 aromatic carbocycles. The van der Waals surface area contributed by atoms with Crippen LogP contribution in [0.3, 0.4) is 0 Å². The Morgan fingerprint density at radius 1 is 1.28 bits per heavy atom. The first-order chi connectivity index (χ1) is 8.63. The van der Waals surface area contributed by atoms with Gasteiger partial charge < -0.3 is 11.1 Å². The quantitative estimate of drug-likeness (QED) is 0.777. The van der Waals surface area contributed by atoms with Gasteiger partial charge in [0.25, 0.3) is 0 Å². The molecule has 18 heavy (non-hydrogen) atoms. The van der Waals surface area contributed by atoms with E-state index in [9.17, 15) is 4.79 Å². The lowest BCUT2D eigenvalue weighted by atomic mass is 10.1. The summed E-state index contributed by atoms with van der Waals surface area (Å²) >= 11 is 0. The van der Waals surface area contributed by atoms with Crippen molar-refractivity contribution in [3.8, 4) is 0 Å². The van der Waals surface area contributed by atoms with Gasteiger partial charge in [-0.25, -0.2) is 0 Å². The van der Waals surface area contributed by atoms with Crippen LogP contribution in [0.2, 0.25) is 0 Å². The van der Waals surface area contributed by atoms with Crippen molar-refractivity contribution < 1.29 is 4.79 Å². The first-order valence-electron chi connectivity index (χ1n) is 6.73. The molecule has 3 nitrogen and oxygen atoms in total. The van der Waals surface area contributed by atoms with Crippen molar-refractivity contribution >= 4 is 5.91 Å². The molecule has 0 aliphatic carbocycles. The number of nitrogens with one attached hydrogen (secondary N) is 1. The summed E-state index contributed by atoms with van der Waals surface area (Å²) in [6, 6.07) is 10.1. The Labute approximate surface area is 110 Å². The van der Waals surface area contributed by atoms with E-state index in [4.69, 9.17) is 5.73 Å². The minimum Gasteiger partial charge on any atom is -0.352 e. The lowest BCUT2D eigenvalue weighted by Gasteiger charge is -2.17. The number of nitrogens with two attached hydrogens (primary N) is 1. The van der Waals surface area contributed by atoms with Crippen molar-refractivity contribution in [2.45, 2.75) is 51.6 Å². The van der Waals surface area contributed by atoms with E-state index < -0.39 is 0 Å². The molecule has 1 rings (SSSR count). The minimum absolute atomic E-state index is 0.0302. The van der Waals surface area contributed by atoms with Crippen LogP contribution in [0.1, 0.15) is 38.7 Å². The molecule has 0 aliphatic heterocycles. The third-order valence-electron chi connectivity index (χ3n) is 3.03. The van der Waals surface area contributed by atoms with Gasteiger partial charge in [-0.15, -0.1) is 0 Å². The Morgan fingerprint density at radius 3 is 2.56 bits per heavy atom. The molecule has 1 aromatic rings. The molecule has 0 heterocycles. The molecule has 2 atom stereocenters. The fraction of sp³-hybridized carbons (Fsp3) is 0.533. The Kier molecular flexibility index (Phi) is 6.44. The second-order valence-corrected chi connectivity index (χ2v) is 4.83. The zero-order valence-corrected chi connectivity index (χ0v) is 11.4. The van der Waals surface area contributed by atoms with E-state index >= 15 is 0 Å². The molecule has 1 amide bonds. The maximum Gasteiger partial charge on any atom is 0.237 e. The highest BCUT2D eigenvalue weighted by Crippen LogP contribution is 2.05. The van der Waals surface area contributed by atoms with Crippen molar-refractivity contribution in [2.75, 3.05) is 0 Å². The molecule has 3 heteroatoms. The van der Waals surface area contributed by atoms with E-state index in [2.05, 4.69) is 17.4 Å². The average molecular weight is 248 g/mol. The van der Waals surface area contributed by atoms with Crippen LogP contribution in [-0.4, -0.2) is 18.0 Å². The predicted molar refractivity (Wildman–Crippen MR) is 75.3 cm³/mol. The van der Waals surface area contributed by atoms with Crippen molar-refractivity contribution in [1.82, 2.24) is 5.32 Å². The normalized spacial score (nSPS) is 13.9. The Balaban J connectivity index is 2.29. The molecule has 0 saturated heterocycles. The van der Waals surface area contributed by atoms with Gasteiger partial charge in [0.05, 0.1) is 6.04 Å². The summed E-state index contributed by atoms with van der Waals surface area (Å²) in [7, 11) is 0. The third-order valence-corrected chi connectivity index (χ3v) is 3.03. The topological polar surface area (TPSA) is 55.1 Å². The van der Waals surface area contributed by atoms with Gasteiger partial charge in [-0.2, -0.15) is 0 Å². The summed E-state index contributed by atoms with van der Waals surface area (Å²) in [6.45, 7) is 4.06. The molecular formula is C15H24N2O. The Hall–Kier alpha value is -1.35. The predicted octanol–water partition coefficient (Wildman–Crippen LogP) is 2.25. The van der Waals surface area contributed by atoms with Crippen molar-refractivity contribution in [1.29, 1.82) is 0 Å². The molecular weight excluding hydrogens is 224 g/mol. The summed E-state index contributed by atoms with van der Waals surface area (Å²) < 4.78 is 0. The van der Waals surface area contributed by atoms with Crippen LogP contribution in [0, 0.1) is 0 Å². The van der Waals surface area contributed by atoms with Crippen LogP contribution in [0.4, 0.5) is 0 Å². The second-order valence-electron chi connectivity index (χ2n) is 4.83. The Morgan fingerprint density at radius 2 is 1.94 bits per heavy atom. The van der Waals surface area contributed by atoms with E-state index in [1.54, 1.807) is 0 Å². The second kappa shape index (κ2) is 7.88. The van der Waals surface area contributed by atoms with E-state index in [0.717, 1.165) is 25.7 Å². The molecule has 0 fully saturated rings. The summed E-state index contributed by atoms with van der Waals surface area (Å²) in [5, 5.41) is 2.97. The van der Waals surface area contributed by atoms with E-state index in [-0.39, 0.29) is 18.0 Å². The van der Waals surface area contributed by atoms with E-state index in [0.29, 0.717) is 0 Å². The van der Waals surface area contributed by atoms with Gasteiger partial charge in [-0.3, -0.25) is 4.79 Å². The number of rotatable bonds is 7. The molecule has 100 valence electrons. The zero-order valence-electron chi connectivity index (χ0n) is 11.4. The third kappa shape index (κ3) is 5.32. The number of amides is 1. The van der Waals surface area contributed by atoms with Gasteiger partial charge in [-0.05, 0) is 31.7 Å². The van der Waals surface area contributed by atoms with Crippen LogP contribution in [0.15, 0.2) is 30.3 Å². The van der Waals surface area contributed by atoms with Gasteiger partial charge >= 0.3 is 0 Å². The molecule has 3 N–H and O–H groups in total. The molecule has 1 unspecified atom stereocenters. The number of carbonyl (C=O) groups is 1. The van der Waals surface area contributed by atoms with Crippen molar-refractivity contribution in [3.05, 3.63) is 35.9 Å². The highest BCUT2D eigenvalue weighted by molar-refractivity contribution is 5.81. The van der Waals surface area contributed by atoms with Crippen LogP contribution in [0.25, 0.3) is 0 Å². The zero-order chi connectivity index (χ0) is 13.4. The maximum absolute atomic E-state index is 11.7. The number of benzene rings is 1. The highest BCUT2D eigenvalue weighted by atomic mass is 16.2. The molecule has 0 aromatic heterocycles. The van der Waals surface area contributed by atoms with Gasteiger partial charge in [0.15, 0.2) is 0 Å². The minimum atomic E-state index is -0.367. The maximum atomic E-state index is 11.7. The van der Waals surface area contributed by atoms with Crippen molar-refractivity contribution in [2.24, 2.45) is 5.73 Å². The van der Waals surface area contributed by atoms with E-state index in [1.807, 2.05) is 32.0 Å². The lowest BCUT2D eigenvalue weighted by molar-refractivity contribution is -0.123. The summed E-state index contributed by atoms with van der Waals surface area (Å²) in [5.41, 5.74) is 7.07. The summed E-state index contributed by atoms with van der Waals surface area (Å²) in [5.74, 6) is -0.0302. The van der Waals surface area contributed by atoms with Crippen LogP contribution >= 0.6 is 0 Å². The first-order valence-corrected chi connectivity index (χ1v) is 6.73. The highest BCUT2D eigenvalue weighted by Gasteiger charge is 2.14. The average Bonchev–Trinajstić information content (AvgIpc) is 2.38. The number of carbonyl (C=O) groups excluding carboxylic acids is 1. The molecule has 0 radical (unpaired) electrons. The summed E-state index contributed by atoms with van der Waals surface area (Å²) in [6.07, 6.45) is 3.60. The fourth-order valence-corrected chi connectivity index (χ4v) is 1.89. The largest absolute Gasteiger partial charge is 0.352 e. The van der Waals surface area contributed by atoms with Gasteiger partial charge in [0.2, 0.25) is 5.91 Å². The monoisotopic (exact) mass is 248 g/mol. The van der Waals surface area contributed by atoms with Crippen LogP contribution in [-0.2, 0) is 11.2 Å². The van der Waals surface area contributed by atoms with E-state index in [1.165, 1.54) is 5.56 Å². The number of hydrogen-bond donors (Lipinski definition) is 2. The van der Waals surface area contributed by atoms with Crippen molar-refractivity contribution in [3.63, 3.8) is 0 Å². The molecule has 0 saturated carbocycles. The first kappa shape index (κ1) is 14.7. The van der Waals surface area contributed by atoms with Gasteiger partial charge in [0.1, 0.15) is 0 Å². The van der Waals surface area contributed by atoms with Crippen LogP contribution in [0.5, 0.6) is 0 Å². The molecule has 0 bridgehead atoms. The van der Waals surface area contributed by atoms with Gasteiger partial charge in [0, 0.05) is 6.04 Å². The smallest absolute Gasteiger partial charge is 0.237 e. The Bertz CT molecular complexity index is 351. The molecule has 0 aliphatic rings. The standard InChI is InChI=1S/C15H24N2O/c1-3-7-14(16)15(18)17-12(2)10-11-13-8-5-4-6-9-13/h4-6,8-9,12,14H,3,7,10-11,16H2,1-2H3,(H,17,18)/t12?,14-/m1/s1. The lowest BCUT2D eigenvalue weighted by Crippen LogP contribution is -2.44. The van der Waals surface area contributed by atoms with Gasteiger partial charge in [-0.1, -0.05) is 43.7 Å². The number of hydrogen-bond acceptors (Lipinski definition) is 2. The van der Waals surface area contributed by atoms with Crippen LogP contribution < -0.4 is 11.1 Å². The number of aryl methyl sites for hydroxylation is 1. The SMILES string of the molecule is CCC[C@@H](N)C(=O)NC(C)CCc1ccccc1.